The number of nitrogens with zero attached hydrogens (tertiary/aromatic N) is 3. The number of likely N-dealkylation sites (tertiary alicyclic amines) is 1. The van der Waals surface area contributed by atoms with E-state index in [1.165, 1.54) is 0 Å². The number of hydrogen-bond donors (Lipinski definition) is 2. The van der Waals surface area contributed by atoms with Crippen LogP contribution in [0.2, 0.25) is 0 Å². The number of nitrogens with two attached hydrogens (primary N) is 1. The number of phenols is 1. The van der Waals surface area contributed by atoms with Crippen molar-refractivity contribution in [2.24, 2.45) is 5.73 Å². The summed E-state index contributed by atoms with van der Waals surface area (Å²) >= 11 is 0. The van der Waals surface area contributed by atoms with E-state index in [-0.39, 0.29) is 11.7 Å². The number of hydrogen-bond acceptors (Lipinski definition) is 5. The Labute approximate surface area is 148 Å². The van der Waals surface area contributed by atoms with Gasteiger partial charge in [-0.05, 0) is 43.5 Å². The molecule has 136 valence electrons. The summed E-state index contributed by atoms with van der Waals surface area (Å²) in [5.41, 5.74) is 6.53. The number of piperidine rings is 1. The van der Waals surface area contributed by atoms with Crippen LogP contribution < -0.4 is 10.6 Å². The summed E-state index contributed by atoms with van der Waals surface area (Å²) < 4.78 is 0. The molecule has 25 heavy (non-hydrogen) atoms. The van der Waals surface area contributed by atoms with Gasteiger partial charge in [0.2, 0.25) is 11.8 Å². The summed E-state index contributed by atoms with van der Waals surface area (Å²) in [6.45, 7) is 4.21. The Morgan fingerprint density at radius 1 is 1.04 bits per heavy atom. The molecular weight excluding hydrogens is 320 g/mol. The van der Waals surface area contributed by atoms with Gasteiger partial charge in [0.1, 0.15) is 11.8 Å². The number of benzene rings is 1. The third-order valence-electron chi connectivity index (χ3n) is 5.10. The number of primary amides is 1. The molecule has 3 N–H and O–H groups in total. The molecule has 3 rings (SSSR count). The van der Waals surface area contributed by atoms with Crippen molar-refractivity contribution in [3.05, 3.63) is 24.3 Å². The lowest BCUT2D eigenvalue weighted by atomic mass is 10.0. The molecule has 1 atom stereocenters. The molecule has 7 heteroatoms. The van der Waals surface area contributed by atoms with Gasteiger partial charge >= 0.3 is 0 Å². The highest BCUT2D eigenvalue weighted by Crippen LogP contribution is 2.20. The molecule has 1 aromatic carbocycles. The monoisotopic (exact) mass is 346 g/mol. The largest absolute Gasteiger partial charge is 0.508 e. The lowest BCUT2D eigenvalue weighted by Crippen LogP contribution is -2.55. The lowest BCUT2D eigenvalue weighted by molar-refractivity contribution is -0.142. The third kappa shape index (κ3) is 4.22. The van der Waals surface area contributed by atoms with E-state index in [4.69, 9.17) is 5.73 Å². The van der Waals surface area contributed by atoms with E-state index in [1.54, 1.807) is 17.0 Å². The Balaban J connectivity index is 1.52. The summed E-state index contributed by atoms with van der Waals surface area (Å²) in [7, 11) is 0. The van der Waals surface area contributed by atoms with E-state index >= 15 is 0 Å². The topological polar surface area (TPSA) is 90.1 Å². The SMILES string of the molecule is NC(=O)[C@H]1CCCCN1C(=O)CN1CCN(c2ccc(O)cc2)CC1. The third-order valence-corrected chi connectivity index (χ3v) is 5.10. The summed E-state index contributed by atoms with van der Waals surface area (Å²) in [5, 5.41) is 9.38. The molecule has 0 aliphatic carbocycles. The number of piperazine rings is 1. The van der Waals surface area contributed by atoms with E-state index in [2.05, 4.69) is 9.80 Å². The standard InChI is InChI=1S/C18H26N4O3/c19-18(25)16-3-1-2-8-22(16)17(24)13-20-9-11-21(12-10-20)14-4-6-15(23)7-5-14/h4-7,16,23H,1-3,8-13H2,(H2,19,25)/t16-/m1/s1. The summed E-state index contributed by atoms with van der Waals surface area (Å²) in [4.78, 5) is 30.2. The molecule has 1 aromatic rings. The van der Waals surface area contributed by atoms with Crippen molar-refractivity contribution in [2.45, 2.75) is 25.3 Å². The van der Waals surface area contributed by atoms with Crippen molar-refractivity contribution in [1.82, 2.24) is 9.80 Å². The molecule has 0 spiro atoms. The molecule has 2 fully saturated rings. The van der Waals surface area contributed by atoms with E-state index in [0.29, 0.717) is 19.5 Å². The van der Waals surface area contributed by atoms with E-state index in [9.17, 15) is 14.7 Å². The molecule has 2 aliphatic rings. The first-order valence-electron chi connectivity index (χ1n) is 8.90. The zero-order valence-electron chi connectivity index (χ0n) is 14.4. The van der Waals surface area contributed by atoms with Gasteiger partial charge < -0.3 is 20.6 Å². The molecule has 0 unspecified atom stereocenters. The Kier molecular flexibility index (Phi) is 5.43. The number of rotatable bonds is 4. The van der Waals surface area contributed by atoms with Gasteiger partial charge in [0.15, 0.2) is 0 Å². The van der Waals surface area contributed by atoms with Gasteiger partial charge in [0.05, 0.1) is 6.54 Å². The predicted octanol–water partition coefficient (Wildman–Crippen LogP) is 0.381. The fourth-order valence-electron chi connectivity index (χ4n) is 3.64. The molecule has 0 radical (unpaired) electrons. The average molecular weight is 346 g/mol. The van der Waals surface area contributed by atoms with Crippen LogP contribution in [0.3, 0.4) is 0 Å². The van der Waals surface area contributed by atoms with Gasteiger partial charge in [-0.15, -0.1) is 0 Å². The normalized spacial score (nSPS) is 22.0. The van der Waals surface area contributed by atoms with Gasteiger partial charge in [-0.3, -0.25) is 14.5 Å². The summed E-state index contributed by atoms with van der Waals surface area (Å²) in [6.07, 6.45) is 2.56. The first kappa shape index (κ1) is 17.5. The highest BCUT2D eigenvalue weighted by Gasteiger charge is 2.31. The molecule has 2 aliphatic heterocycles. The number of carbonyl (C=O) groups excluding carboxylic acids is 2. The van der Waals surface area contributed by atoms with Crippen LogP contribution in [0.25, 0.3) is 0 Å². The zero-order chi connectivity index (χ0) is 17.8. The Bertz CT molecular complexity index is 611. The molecule has 0 bridgehead atoms. The van der Waals surface area contributed by atoms with Crippen LogP contribution in [-0.2, 0) is 9.59 Å². The summed E-state index contributed by atoms with van der Waals surface area (Å²) in [5.74, 6) is -0.134. The Morgan fingerprint density at radius 3 is 2.36 bits per heavy atom. The number of anilines is 1. The number of carbonyl (C=O) groups is 2. The molecule has 0 aromatic heterocycles. The van der Waals surface area contributed by atoms with Crippen molar-refractivity contribution in [2.75, 3.05) is 44.2 Å². The lowest BCUT2D eigenvalue weighted by Gasteiger charge is -2.38. The van der Waals surface area contributed by atoms with Gasteiger partial charge in [-0.1, -0.05) is 0 Å². The highest BCUT2D eigenvalue weighted by atomic mass is 16.3. The quantitative estimate of drug-likeness (QED) is 0.823. The second-order valence-electron chi connectivity index (χ2n) is 6.78. The van der Waals surface area contributed by atoms with Crippen LogP contribution >= 0.6 is 0 Å². The smallest absolute Gasteiger partial charge is 0.240 e. The second-order valence-corrected chi connectivity index (χ2v) is 6.78. The number of aromatic hydroxyl groups is 1. The van der Waals surface area contributed by atoms with Crippen LogP contribution in [0.4, 0.5) is 5.69 Å². The van der Waals surface area contributed by atoms with Crippen molar-refractivity contribution >= 4 is 17.5 Å². The summed E-state index contributed by atoms with van der Waals surface area (Å²) in [6, 6.07) is 6.74. The van der Waals surface area contributed by atoms with Crippen LogP contribution in [0.15, 0.2) is 24.3 Å². The van der Waals surface area contributed by atoms with Gasteiger partial charge in [0.25, 0.3) is 0 Å². The fraction of sp³-hybridized carbons (Fsp3) is 0.556. The van der Waals surface area contributed by atoms with Crippen molar-refractivity contribution in [1.29, 1.82) is 0 Å². The van der Waals surface area contributed by atoms with Crippen molar-refractivity contribution in [3.63, 3.8) is 0 Å². The highest BCUT2D eigenvalue weighted by molar-refractivity contribution is 5.87. The van der Waals surface area contributed by atoms with E-state index < -0.39 is 11.9 Å². The molecule has 7 nitrogen and oxygen atoms in total. The minimum Gasteiger partial charge on any atom is -0.508 e. The molecule has 2 saturated heterocycles. The predicted molar refractivity (Wildman–Crippen MR) is 95.3 cm³/mol. The first-order chi connectivity index (χ1) is 12.0. The second kappa shape index (κ2) is 7.74. The first-order valence-corrected chi connectivity index (χ1v) is 8.90. The molecule has 2 amide bonds. The van der Waals surface area contributed by atoms with Crippen LogP contribution in [0.1, 0.15) is 19.3 Å². The maximum Gasteiger partial charge on any atom is 0.240 e. The molecule has 2 heterocycles. The van der Waals surface area contributed by atoms with Crippen molar-refractivity contribution < 1.29 is 14.7 Å². The van der Waals surface area contributed by atoms with Gasteiger partial charge in [-0.2, -0.15) is 0 Å². The van der Waals surface area contributed by atoms with Crippen molar-refractivity contribution in [3.8, 4) is 5.75 Å². The maximum atomic E-state index is 12.6. The maximum absolute atomic E-state index is 12.6. The van der Waals surface area contributed by atoms with E-state index in [0.717, 1.165) is 44.7 Å². The van der Waals surface area contributed by atoms with E-state index in [1.807, 2.05) is 12.1 Å². The Hall–Kier alpha value is -2.28. The molecule has 0 saturated carbocycles. The Morgan fingerprint density at radius 2 is 1.72 bits per heavy atom. The molecular formula is C18H26N4O3. The number of amides is 2. The van der Waals surface area contributed by atoms with Crippen LogP contribution in [-0.4, -0.2) is 72.0 Å². The van der Waals surface area contributed by atoms with Gasteiger partial charge in [-0.25, -0.2) is 0 Å². The average Bonchev–Trinajstić information content (AvgIpc) is 2.63. The van der Waals surface area contributed by atoms with Crippen LogP contribution in [0.5, 0.6) is 5.75 Å². The number of phenolic OH excluding ortho intramolecular Hbond substituents is 1. The fourth-order valence-corrected chi connectivity index (χ4v) is 3.64. The van der Waals surface area contributed by atoms with Gasteiger partial charge in [0, 0.05) is 38.4 Å². The minimum absolute atomic E-state index is 0.00147. The minimum atomic E-state index is -0.445. The van der Waals surface area contributed by atoms with Crippen LogP contribution in [0, 0.1) is 0 Å². The zero-order valence-corrected chi connectivity index (χ0v) is 14.4.